The Hall–Kier alpha value is -3.20. The lowest BCUT2D eigenvalue weighted by Crippen LogP contribution is -2.40. The van der Waals surface area contributed by atoms with Crippen molar-refractivity contribution in [2.24, 2.45) is 5.92 Å². The molecule has 1 aliphatic rings. The molecule has 2 amide bonds. The van der Waals surface area contributed by atoms with Crippen molar-refractivity contribution >= 4 is 12.0 Å². The van der Waals surface area contributed by atoms with E-state index in [9.17, 15) is 14.0 Å². The molecular formula is C24H30FN3O5. The van der Waals surface area contributed by atoms with Crippen LogP contribution < -0.4 is 4.74 Å². The molecule has 0 N–H and O–H groups in total. The standard InChI is InChI=1S/C24H30FN3O5/c1-16(2)33-24(30)28-11-9-17(10-12-28)15-32-19-6-8-22(26-14-19)18-5-7-20(21(25)13-18)23(29)27(3)31-4/h5-8,13-14,16-17H,9-12,15H2,1-4H3. The fourth-order valence-electron chi connectivity index (χ4n) is 3.51. The quantitative estimate of drug-likeness (QED) is 0.579. The summed E-state index contributed by atoms with van der Waals surface area (Å²) in [6.45, 7) is 5.52. The van der Waals surface area contributed by atoms with Crippen LogP contribution in [-0.2, 0) is 9.57 Å². The minimum absolute atomic E-state index is 0.0773. The molecule has 1 saturated heterocycles. The molecule has 1 aromatic heterocycles. The van der Waals surface area contributed by atoms with Crippen molar-refractivity contribution in [1.29, 1.82) is 0 Å². The van der Waals surface area contributed by atoms with Gasteiger partial charge in [0.1, 0.15) is 11.6 Å². The number of hydrogen-bond acceptors (Lipinski definition) is 6. The number of nitrogens with zero attached hydrogens (tertiary/aromatic N) is 3. The third-order valence-corrected chi connectivity index (χ3v) is 5.49. The predicted octanol–water partition coefficient (Wildman–Crippen LogP) is 4.16. The van der Waals surface area contributed by atoms with E-state index in [4.69, 9.17) is 14.3 Å². The molecule has 0 saturated carbocycles. The maximum atomic E-state index is 14.4. The van der Waals surface area contributed by atoms with Crippen LogP contribution in [0.3, 0.4) is 0 Å². The Morgan fingerprint density at radius 2 is 1.94 bits per heavy atom. The molecule has 1 aliphatic heterocycles. The van der Waals surface area contributed by atoms with Crippen LogP contribution in [0, 0.1) is 11.7 Å². The molecule has 33 heavy (non-hydrogen) atoms. The fraction of sp³-hybridized carbons (Fsp3) is 0.458. The normalized spacial score (nSPS) is 14.3. The highest BCUT2D eigenvalue weighted by atomic mass is 19.1. The number of halogens is 1. The van der Waals surface area contributed by atoms with Crippen LogP contribution in [0.5, 0.6) is 5.75 Å². The van der Waals surface area contributed by atoms with Gasteiger partial charge in [-0.3, -0.25) is 14.6 Å². The van der Waals surface area contributed by atoms with Crippen molar-refractivity contribution in [3.63, 3.8) is 0 Å². The number of pyridine rings is 1. The van der Waals surface area contributed by atoms with Gasteiger partial charge in [0, 0.05) is 25.7 Å². The molecule has 3 rings (SSSR count). The second-order valence-corrected chi connectivity index (χ2v) is 8.23. The molecule has 0 radical (unpaired) electrons. The maximum Gasteiger partial charge on any atom is 0.410 e. The summed E-state index contributed by atoms with van der Waals surface area (Å²) in [5, 5.41) is 0.962. The zero-order chi connectivity index (χ0) is 24.0. The largest absolute Gasteiger partial charge is 0.492 e. The van der Waals surface area contributed by atoms with Gasteiger partial charge >= 0.3 is 6.09 Å². The highest BCUT2D eigenvalue weighted by Crippen LogP contribution is 2.24. The zero-order valence-electron chi connectivity index (χ0n) is 19.4. The summed E-state index contributed by atoms with van der Waals surface area (Å²) in [6.07, 6.45) is 2.91. The van der Waals surface area contributed by atoms with Crippen molar-refractivity contribution < 1.29 is 28.3 Å². The summed E-state index contributed by atoms with van der Waals surface area (Å²) in [7, 11) is 2.75. The number of piperidine rings is 1. The smallest absolute Gasteiger partial charge is 0.410 e. The molecule has 1 fully saturated rings. The Labute approximate surface area is 193 Å². The number of aromatic nitrogens is 1. The molecule has 0 atom stereocenters. The van der Waals surface area contributed by atoms with Gasteiger partial charge in [0.2, 0.25) is 0 Å². The zero-order valence-corrected chi connectivity index (χ0v) is 19.4. The van der Waals surface area contributed by atoms with Gasteiger partial charge in [0.05, 0.1) is 37.3 Å². The number of ether oxygens (including phenoxy) is 2. The minimum Gasteiger partial charge on any atom is -0.492 e. The highest BCUT2D eigenvalue weighted by Gasteiger charge is 2.24. The first-order valence-electron chi connectivity index (χ1n) is 10.9. The van der Waals surface area contributed by atoms with Gasteiger partial charge in [0.15, 0.2) is 0 Å². The first-order chi connectivity index (χ1) is 15.8. The molecule has 0 aliphatic carbocycles. The Bertz CT molecular complexity index is 959. The number of hydroxylamine groups is 2. The summed E-state index contributed by atoms with van der Waals surface area (Å²) in [6, 6.07) is 7.86. The van der Waals surface area contributed by atoms with E-state index in [2.05, 4.69) is 4.98 Å². The topological polar surface area (TPSA) is 81.2 Å². The van der Waals surface area contributed by atoms with E-state index in [0.29, 0.717) is 42.6 Å². The van der Waals surface area contributed by atoms with Crippen molar-refractivity contribution in [2.45, 2.75) is 32.8 Å². The summed E-state index contributed by atoms with van der Waals surface area (Å²) < 4.78 is 25.6. The molecular weight excluding hydrogens is 429 g/mol. The van der Waals surface area contributed by atoms with Crippen LogP contribution >= 0.6 is 0 Å². The van der Waals surface area contributed by atoms with Gasteiger partial charge < -0.3 is 14.4 Å². The third-order valence-electron chi connectivity index (χ3n) is 5.49. The Morgan fingerprint density at radius 1 is 1.21 bits per heavy atom. The number of carbonyl (C=O) groups is 2. The van der Waals surface area contributed by atoms with Gasteiger partial charge in [-0.15, -0.1) is 0 Å². The van der Waals surface area contributed by atoms with E-state index < -0.39 is 11.7 Å². The minimum atomic E-state index is -0.646. The third kappa shape index (κ3) is 6.41. The van der Waals surface area contributed by atoms with Crippen molar-refractivity contribution in [3.8, 4) is 17.0 Å². The first-order valence-corrected chi connectivity index (χ1v) is 10.9. The molecule has 1 aromatic carbocycles. The molecule has 9 heteroatoms. The van der Waals surface area contributed by atoms with Gasteiger partial charge in [0.25, 0.3) is 5.91 Å². The monoisotopic (exact) mass is 459 g/mol. The SMILES string of the molecule is CON(C)C(=O)c1ccc(-c2ccc(OCC3CCN(C(=O)OC(C)C)CC3)cn2)cc1F. The predicted molar refractivity (Wildman–Crippen MR) is 120 cm³/mol. The van der Waals surface area contributed by atoms with Gasteiger partial charge in [-0.05, 0) is 56.9 Å². The van der Waals surface area contributed by atoms with Crippen LogP contribution in [0.15, 0.2) is 36.5 Å². The van der Waals surface area contributed by atoms with Crippen LogP contribution in [0.25, 0.3) is 11.3 Å². The lowest BCUT2D eigenvalue weighted by molar-refractivity contribution is -0.0759. The lowest BCUT2D eigenvalue weighted by atomic mass is 9.98. The van der Waals surface area contributed by atoms with Gasteiger partial charge in [-0.2, -0.15) is 0 Å². The van der Waals surface area contributed by atoms with Gasteiger partial charge in [-0.1, -0.05) is 6.07 Å². The number of rotatable bonds is 7. The number of hydrogen-bond donors (Lipinski definition) is 0. The number of benzene rings is 1. The maximum absolute atomic E-state index is 14.4. The Kier molecular flexibility index (Phi) is 8.21. The van der Waals surface area contributed by atoms with Crippen LogP contribution in [0.1, 0.15) is 37.0 Å². The molecule has 8 nitrogen and oxygen atoms in total. The van der Waals surface area contributed by atoms with Crippen LogP contribution in [0.2, 0.25) is 0 Å². The van der Waals surface area contributed by atoms with E-state index in [1.807, 2.05) is 13.8 Å². The van der Waals surface area contributed by atoms with Crippen molar-refractivity contribution in [1.82, 2.24) is 14.9 Å². The van der Waals surface area contributed by atoms with Crippen LogP contribution in [-0.4, -0.2) is 66.9 Å². The van der Waals surface area contributed by atoms with E-state index in [1.165, 1.54) is 26.3 Å². The molecule has 0 unspecified atom stereocenters. The number of carbonyl (C=O) groups excluding carboxylic acids is 2. The average Bonchev–Trinajstić information content (AvgIpc) is 2.82. The fourth-order valence-corrected chi connectivity index (χ4v) is 3.51. The van der Waals surface area contributed by atoms with Gasteiger partial charge in [-0.25, -0.2) is 14.2 Å². The van der Waals surface area contributed by atoms with E-state index >= 15 is 0 Å². The summed E-state index contributed by atoms with van der Waals surface area (Å²) in [5.74, 6) is -0.250. The molecule has 0 spiro atoms. The van der Waals surface area contributed by atoms with Crippen molar-refractivity contribution in [2.75, 3.05) is 33.9 Å². The summed E-state index contributed by atoms with van der Waals surface area (Å²) >= 11 is 0. The molecule has 178 valence electrons. The second kappa shape index (κ2) is 11.1. The van der Waals surface area contributed by atoms with Crippen LogP contribution in [0.4, 0.5) is 9.18 Å². The summed E-state index contributed by atoms with van der Waals surface area (Å²) in [5.41, 5.74) is 1.04. The highest BCUT2D eigenvalue weighted by molar-refractivity contribution is 5.94. The van der Waals surface area contributed by atoms with E-state index in [0.717, 1.165) is 17.9 Å². The molecule has 2 heterocycles. The first kappa shape index (κ1) is 24.4. The second-order valence-electron chi connectivity index (χ2n) is 8.23. The van der Waals surface area contributed by atoms with Crippen molar-refractivity contribution in [3.05, 3.63) is 47.9 Å². The molecule has 0 bridgehead atoms. The van der Waals surface area contributed by atoms with E-state index in [1.54, 1.807) is 29.3 Å². The summed E-state index contributed by atoms with van der Waals surface area (Å²) in [4.78, 5) is 35.0. The molecule has 2 aromatic rings. The Morgan fingerprint density at radius 3 is 2.52 bits per heavy atom. The number of amides is 2. The number of likely N-dealkylation sites (tertiary alicyclic amines) is 1. The Balaban J connectivity index is 1.52. The average molecular weight is 460 g/mol. The lowest BCUT2D eigenvalue weighted by Gasteiger charge is -2.31. The van der Waals surface area contributed by atoms with E-state index in [-0.39, 0.29) is 17.8 Å².